The topological polar surface area (TPSA) is 20.2 Å². The van der Waals surface area contributed by atoms with Gasteiger partial charge in [0.05, 0.1) is 6.61 Å². The maximum Gasteiger partial charge on any atom is 0.0609 e. The second-order valence-electron chi connectivity index (χ2n) is 4.22. The van der Waals surface area contributed by atoms with Crippen molar-refractivity contribution >= 4 is 10.8 Å². The molecule has 2 aromatic rings. The Balaban J connectivity index is 0.000000317. The molecule has 0 unspecified atom stereocenters. The maximum atomic E-state index is 7.76. The summed E-state index contributed by atoms with van der Waals surface area (Å²) < 4.78 is 0. The second-order valence-corrected chi connectivity index (χ2v) is 4.22. The lowest BCUT2D eigenvalue weighted by Crippen LogP contribution is -1.83. The standard InChI is InChI=1S/C13H14.C3H6O/c1-9-4-7-12-10(2)5-6-11(3)13(12)8-9;1-2-3-4/h4-8H,1-3H3;2,4H,1,3H2. The molecule has 0 spiro atoms. The van der Waals surface area contributed by atoms with Crippen molar-refractivity contribution < 1.29 is 5.11 Å². The zero-order chi connectivity index (χ0) is 12.8. The van der Waals surface area contributed by atoms with Crippen LogP contribution in [0.15, 0.2) is 43.0 Å². The van der Waals surface area contributed by atoms with Crippen molar-refractivity contribution in [3.8, 4) is 0 Å². The lowest BCUT2D eigenvalue weighted by atomic mass is 9.99. The highest BCUT2D eigenvalue weighted by Crippen LogP contribution is 2.22. The van der Waals surface area contributed by atoms with Gasteiger partial charge < -0.3 is 5.11 Å². The van der Waals surface area contributed by atoms with Gasteiger partial charge in [0.1, 0.15) is 0 Å². The monoisotopic (exact) mass is 228 g/mol. The molecule has 1 nitrogen and oxygen atoms in total. The number of hydrogen-bond acceptors (Lipinski definition) is 1. The minimum Gasteiger partial charge on any atom is -0.392 e. The molecule has 0 aliphatic carbocycles. The van der Waals surface area contributed by atoms with Crippen molar-refractivity contribution in [1.29, 1.82) is 0 Å². The van der Waals surface area contributed by atoms with Crippen LogP contribution in [0.25, 0.3) is 10.8 Å². The second kappa shape index (κ2) is 6.21. The van der Waals surface area contributed by atoms with E-state index in [0.29, 0.717) is 0 Å². The first-order chi connectivity index (χ1) is 8.10. The first-order valence-electron chi connectivity index (χ1n) is 5.78. The summed E-state index contributed by atoms with van der Waals surface area (Å²) in [7, 11) is 0. The molecule has 2 rings (SSSR count). The Hall–Kier alpha value is -1.60. The highest BCUT2D eigenvalue weighted by atomic mass is 16.2. The number of aliphatic hydroxyl groups excluding tert-OH is 1. The Bertz CT molecular complexity index is 512. The van der Waals surface area contributed by atoms with E-state index < -0.39 is 0 Å². The van der Waals surface area contributed by atoms with Gasteiger partial charge in [0.15, 0.2) is 0 Å². The third-order valence-electron chi connectivity index (χ3n) is 2.74. The average Bonchev–Trinajstić information content (AvgIpc) is 2.34. The average molecular weight is 228 g/mol. The lowest BCUT2D eigenvalue weighted by Gasteiger charge is -2.05. The molecule has 0 heterocycles. The van der Waals surface area contributed by atoms with E-state index in [0.717, 1.165) is 0 Å². The fourth-order valence-electron chi connectivity index (χ4n) is 1.76. The van der Waals surface area contributed by atoms with E-state index in [-0.39, 0.29) is 6.61 Å². The van der Waals surface area contributed by atoms with Gasteiger partial charge in [-0.25, -0.2) is 0 Å². The molecule has 2 aromatic carbocycles. The summed E-state index contributed by atoms with van der Waals surface area (Å²) in [6, 6.07) is 11.0. The highest BCUT2D eigenvalue weighted by molar-refractivity contribution is 5.88. The lowest BCUT2D eigenvalue weighted by molar-refractivity contribution is 0.343. The molecule has 0 fully saturated rings. The molecule has 0 aliphatic heterocycles. The number of aliphatic hydroxyl groups is 1. The predicted octanol–water partition coefficient (Wildman–Crippen LogP) is 3.93. The number of hydrogen-bond donors (Lipinski definition) is 1. The van der Waals surface area contributed by atoms with Crippen LogP contribution >= 0.6 is 0 Å². The third kappa shape index (κ3) is 3.43. The minimum absolute atomic E-state index is 0.0833. The van der Waals surface area contributed by atoms with Gasteiger partial charge >= 0.3 is 0 Å². The number of aryl methyl sites for hydroxylation is 3. The van der Waals surface area contributed by atoms with Gasteiger partial charge in [-0.15, -0.1) is 6.58 Å². The summed E-state index contributed by atoms with van der Waals surface area (Å²) >= 11 is 0. The third-order valence-corrected chi connectivity index (χ3v) is 2.74. The summed E-state index contributed by atoms with van der Waals surface area (Å²) in [5, 5.41) is 10.5. The fourth-order valence-corrected chi connectivity index (χ4v) is 1.76. The number of rotatable bonds is 1. The van der Waals surface area contributed by atoms with Crippen LogP contribution in [0, 0.1) is 20.8 Å². The molecule has 1 heteroatoms. The molecule has 17 heavy (non-hydrogen) atoms. The van der Waals surface area contributed by atoms with Gasteiger partial charge in [-0.2, -0.15) is 0 Å². The van der Waals surface area contributed by atoms with E-state index in [1.54, 1.807) is 0 Å². The van der Waals surface area contributed by atoms with Gasteiger partial charge in [-0.3, -0.25) is 0 Å². The van der Waals surface area contributed by atoms with Gasteiger partial charge in [0.2, 0.25) is 0 Å². The molecule has 0 saturated heterocycles. The smallest absolute Gasteiger partial charge is 0.0609 e. The van der Waals surface area contributed by atoms with Gasteiger partial charge in [-0.05, 0) is 42.7 Å². The van der Waals surface area contributed by atoms with E-state index in [9.17, 15) is 0 Å². The van der Waals surface area contributed by atoms with Crippen molar-refractivity contribution in [1.82, 2.24) is 0 Å². The molecule has 90 valence electrons. The van der Waals surface area contributed by atoms with Crippen LogP contribution in [0.4, 0.5) is 0 Å². The Morgan fingerprint density at radius 3 is 2.06 bits per heavy atom. The minimum atomic E-state index is 0.0833. The largest absolute Gasteiger partial charge is 0.392 e. The van der Waals surface area contributed by atoms with Gasteiger partial charge in [0.25, 0.3) is 0 Å². The van der Waals surface area contributed by atoms with E-state index in [4.69, 9.17) is 5.11 Å². The normalized spacial score (nSPS) is 9.65. The van der Waals surface area contributed by atoms with Crippen LogP contribution in [0.2, 0.25) is 0 Å². The molecular formula is C16H20O. The molecule has 0 atom stereocenters. The van der Waals surface area contributed by atoms with Crippen LogP contribution in [-0.2, 0) is 0 Å². The van der Waals surface area contributed by atoms with Crippen molar-refractivity contribution in [3.05, 3.63) is 59.7 Å². The maximum absolute atomic E-state index is 7.76. The first kappa shape index (κ1) is 13.5. The molecule has 0 bridgehead atoms. The molecule has 0 aromatic heterocycles. The van der Waals surface area contributed by atoms with Gasteiger partial charge in [-0.1, -0.05) is 42.0 Å². The fraction of sp³-hybridized carbons (Fsp3) is 0.250. The molecule has 0 amide bonds. The summed E-state index contributed by atoms with van der Waals surface area (Å²) in [6.07, 6.45) is 1.43. The van der Waals surface area contributed by atoms with Crippen LogP contribution in [0.1, 0.15) is 16.7 Å². The van der Waals surface area contributed by atoms with Crippen LogP contribution < -0.4 is 0 Å². The SMILES string of the molecule is C=CCO.Cc1ccc2c(C)ccc(C)c2c1. The summed E-state index contributed by atoms with van der Waals surface area (Å²) in [5.41, 5.74) is 4.06. The van der Waals surface area contributed by atoms with Crippen LogP contribution in [0.5, 0.6) is 0 Å². The molecular weight excluding hydrogens is 208 g/mol. The van der Waals surface area contributed by atoms with Crippen molar-refractivity contribution in [3.63, 3.8) is 0 Å². The van der Waals surface area contributed by atoms with E-state index >= 15 is 0 Å². The van der Waals surface area contributed by atoms with E-state index in [1.807, 2.05) is 0 Å². The van der Waals surface area contributed by atoms with Crippen LogP contribution in [-0.4, -0.2) is 11.7 Å². The van der Waals surface area contributed by atoms with Crippen molar-refractivity contribution in [2.45, 2.75) is 20.8 Å². The Labute approximate surface area is 103 Å². The van der Waals surface area contributed by atoms with Crippen LogP contribution in [0.3, 0.4) is 0 Å². The Kier molecular flexibility index (Phi) is 4.92. The zero-order valence-electron chi connectivity index (χ0n) is 10.8. The number of benzene rings is 2. The predicted molar refractivity (Wildman–Crippen MR) is 75.4 cm³/mol. The quantitative estimate of drug-likeness (QED) is 0.733. The van der Waals surface area contributed by atoms with Crippen molar-refractivity contribution in [2.24, 2.45) is 0 Å². The zero-order valence-corrected chi connectivity index (χ0v) is 10.8. The number of fused-ring (bicyclic) bond motifs is 1. The Morgan fingerprint density at radius 1 is 1.00 bits per heavy atom. The van der Waals surface area contributed by atoms with E-state index in [1.165, 1.54) is 33.5 Å². The van der Waals surface area contributed by atoms with Crippen molar-refractivity contribution in [2.75, 3.05) is 6.61 Å². The molecule has 0 saturated carbocycles. The molecule has 0 radical (unpaired) electrons. The summed E-state index contributed by atoms with van der Waals surface area (Å²) in [4.78, 5) is 0. The first-order valence-corrected chi connectivity index (χ1v) is 5.78. The molecule has 1 N–H and O–H groups in total. The molecule has 0 aliphatic rings. The summed E-state index contributed by atoms with van der Waals surface area (Å²) in [5.74, 6) is 0. The van der Waals surface area contributed by atoms with Gasteiger partial charge in [0, 0.05) is 0 Å². The summed E-state index contributed by atoms with van der Waals surface area (Å²) in [6.45, 7) is 9.78. The highest BCUT2D eigenvalue weighted by Gasteiger charge is 1.99. The Morgan fingerprint density at radius 2 is 1.53 bits per heavy atom. The van der Waals surface area contributed by atoms with E-state index in [2.05, 4.69) is 57.7 Å².